The molecule has 4 nitrogen and oxygen atoms in total. The maximum atomic E-state index is 12.1. The Kier molecular flexibility index (Phi) is 3.94. The van der Waals surface area contributed by atoms with E-state index in [2.05, 4.69) is 10.3 Å². The molecule has 3 rings (SSSR count). The van der Waals surface area contributed by atoms with Crippen LogP contribution in [0.15, 0.2) is 54.6 Å². The standard InChI is InChI=1S/C16H15N3OS/c17-12(10-11-6-2-1-3-7-11)15(20)19-16-18-13-8-4-5-9-14(13)21-16/h1-9,12H,10,17H2,(H,18,19,20)/t12-/m1/s1. The van der Waals surface area contributed by atoms with Crippen LogP contribution >= 0.6 is 11.3 Å². The summed E-state index contributed by atoms with van der Waals surface area (Å²) in [5.74, 6) is -0.210. The minimum absolute atomic E-state index is 0.210. The minimum Gasteiger partial charge on any atom is -0.320 e. The van der Waals surface area contributed by atoms with Crippen molar-refractivity contribution in [3.8, 4) is 0 Å². The van der Waals surface area contributed by atoms with Crippen molar-refractivity contribution in [2.45, 2.75) is 12.5 Å². The van der Waals surface area contributed by atoms with Crippen LogP contribution in [0.25, 0.3) is 10.2 Å². The molecule has 0 aliphatic rings. The first kappa shape index (κ1) is 13.7. The SMILES string of the molecule is N[C@H](Cc1ccccc1)C(=O)Nc1nc2ccccc2s1. The summed E-state index contributed by atoms with van der Waals surface area (Å²) in [5.41, 5.74) is 7.89. The molecule has 21 heavy (non-hydrogen) atoms. The lowest BCUT2D eigenvalue weighted by Gasteiger charge is -2.10. The van der Waals surface area contributed by atoms with Gasteiger partial charge in [-0.25, -0.2) is 4.98 Å². The van der Waals surface area contributed by atoms with Crippen molar-refractivity contribution >= 4 is 32.6 Å². The highest BCUT2D eigenvalue weighted by Crippen LogP contribution is 2.25. The maximum absolute atomic E-state index is 12.1. The Bertz CT molecular complexity index is 721. The van der Waals surface area contributed by atoms with E-state index < -0.39 is 6.04 Å². The number of anilines is 1. The number of aromatic nitrogens is 1. The van der Waals surface area contributed by atoms with Crippen LogP contribution in [0.1, 0.15) is 5.56 Å². The summed E-state index contributed by atoms with van der Waals surface area (Å²) in [4.78, 5) is 16.5. The van der Waals surface area contributed by atoms with E-state index in [1.165, 1.54) is 11.3 Å². The van der Waals surface area contributed by atoms with Gasteiger partial charge in [0.05, 0.1) is 16.3 Å². The number of hydrogen-bond acceptors (Lipinski definition) is 4. The van der Waals surface area contributed by atoms with Gasteiger partial charge >= 0.3 is 0 Å². The van der Waals surface area contributed by atoms with Crippen LogP contribution in [0, 0.1) is 0 Å². The second-order valence-corrected chi connectivity index (χ2v) is 5.80. The van der Waals surface area contributed by atoms with Crippen molar-refractivity contribution in [2.75, 3.05) is 5.32 Å². The molecule has 1 heterocycles. The van der Waals surface area contributed by atoms with Crippen LogP contribution in [-0.4, -0.2) is 16.9 Å². The van der Waals surface area contributed by atoms with Crippen LogP contribution < -0.4 is 11.1 Å². The molecule has 1 atom stereocenters. The summed E-state index contributed by atoms with van der Waals surface area (Å²) in [6, 6.07) is 16.9. The van der Waals surface area contributed by atoms with Crippen molar-refractivity contribution in [3.63, 3.8) is 0 Å². The van der Waals surface area contributed by atoms with Crippen LogP contribution in [-0.2, 0) is 11.2 Å². The molecule has 0 saturated heterocycles. The molecule has 3 N–H and O–H groups in total. The smallest absolute Gasteiger partial charge is 0.243 e. The number of amides is 1. The molecule has 0 saturated carbocycles. The number of rotatable bonds is 4. The van der Waals surface area contributed by atoms with Crippen LogP contribution in [0.2, 0.25) is 0 Å². The molecular weight excluding hydrogens is 282 g/mol. The van der Waals surface area contributed by atoms with Gasteiger partial charge in [0.15, 0.2) is 5.13 Å². The quantitative estimate of drug-likeness (QED) is 0.778. The Morgan fingerprint density at radius 1 is 1.14 bits per heavy atom. The van der Waals surface area contributed by atoms with Gasteiger partial charge in [-0.3, -0.25) is 4.79 Å². The molecular formula is C16H15N3OS. The number of fused-ring (bicyclic) bond motifs is 1. The number of hydrogen-bond donors (Lipinski definition) is 2. The molecule has 1 aromatic heterocycles. The zero-order valence-electron chi connectivity index (χ0n) is 11.3. The highest BCUT2D eigenvalue weighted by molar-refractivity contribution is 7.22. The van der Waals surface area contributed by atoms with Gasteiger partial charge < -0.3 is 11.1 Å². The highest BCUT2D eigenvalue weighted by Gasteiger charge is 2.15. The van der Waals surface area contributed by atoms with Crippen molar-refractivity contribution in [1.82, 2.24) is 4.98 Å². The first-order valence-corrected chi connectivity index (χ1v) is 7.50. The largest absolute Gasteiger partial charge is 0.320 e. The van der Waals surface area contributed by atoms with E-state index in [0.717, 1.165) is 15.8 Å². The molecule has 0 radical (unpaired) electrons. The van der Waals surface area contributed by atoms with Crippen molar-refractivity contribution in [2.24, 2.45) is 5.73 Å². The minimum atomic E-state index is -0.584. The number of benzene rings is 2. The van der Waals surface area contributed by atoms with Gasteiger partial charge in [0, 0.05) is 0 Å². The number of nitrogens with zero attached hydrogens (tertiary/aromatic N) is 1. The Labute approximate surface area is 126 Å². The monoisotopic (exact) mass is 297 g/mol. The Morgan fingerprint density at radius 2 is 1.86 bits per heavy atom. The molecule has 106 valence electrons. The number of carbonyl (C=O) groups excluding carboxylic acids is 1. The molecule has 5 heteroatoms. The molecule has 0 aliphatic heterocycles. The summed E-state index contributed by atoms with van der Waals surface area (Å²) in [6.07, 6.45) is 0.511. The van der Waals surface area contributed by atoms with E-state index in [0.29, 0.717) is 11.6 Å². The summed E-state index contributed by atoms with van der Waals surface area (Å²) >= 11 is 1.45. The van der Waals surface area contributed by atoms with Crippen molar-refractivity contribution < 1.29 is 4.79 Å². The topological polar surface area (TPSA) is 68.0 Å². The Hall–Kier alpha value is -2.24. The first-order chi connectivity index (χ1) is 10.2. The second-order valence-electron chi connectivity index (χ2n) is 4.77. The summed E-state index contributed by atoms with van der Waals surface area (Å²) < 4.78 is 1.05. The van der Waals surface area contributed by atoms with E-state index in [4.69, 9.17) is 5.73 Å². The van der Waals surface area contributed by atoms with E-state index in [-0.39, 0.29) is 5.91 Å². The number of nitrogens with two attached hydrogens (primary N) is 1. The third kappa shape index (κ3) is 3.26. The highest BCUT2D eigenvalue weighted by atomic mass is 32.1. The Morgan fingerprint density at radius 3 is 2.62 bits per heavy atom. The third-order valence-electron chi connectivity index (χ3n) is 3.16. The molecule has 0 aliphatic carbocycles. The second kappa shape index (κ2) is 6.03. The molecule has 0 fully saturated rings. The number of carbonyl (C=O) groups is 1. The molecule has 0 bridgehead atoms. The number of para-hydroxylation sites is 1. The van der Waals surface area contributed by atoms with Gasteiger partial charge in [-0.2, -0.15) is 0 Å². The van der Waals surface area contributed by atoms with Gasteiger partial charge in [-0.15, -0.1) is 0 Å². The van der Waals surface area contributed by atoms with Gasteiger partial charge in [0.1, 0.15) is 0 Å². The van der Waals surface area contributed by atoms with E-state index >= 15 is 0 Å². The normalized spacial score (nSPS) is 12.2. The predicted octanol–water partition coefficient (Wildman–Crippen LogP) is 2.80. The zero-order valence-corrected chi connectivity index (χ0v) is 12.1. The lowest BCUT2D eigenvalue weighted by molar-refractivity contribution is -0.117. The summed E-state index contributed by atoms with van der Waals surface area (Å²) in [6.45, 7) is 0. The van der Waals surface area contributed by atoms with Crippen molar-refractivity contribution in [3.05, 3.63) is 60.2 Å². The van der Waals surface area contributed by atoms with E-state index in [1.807, 2.05) is 54.6 Å². The lowest BCUT2D eigenvalue weighted by Crippen LogP contribution is -2.37. The zero-order chi connectivity index (χ0) is 14.7. The number of thiazole rings is 1. The van der Waals surface area contributed by atoms with Gasteiger partial charge in [0.2, 0.25) is 5.91 Å². The van der Waals surface area contributed by atoms with Gasteiger partial charge in [-0.05, 0) is 24.1 Å². The number of nitrogens with one attached hydrogen (secondary N) is 1. The van der Waals surface area contributed by atoms with Crippen molar-refractivity contribution in [1.29, 1.82) is 0 Å². The molecule has 1 amide bonds. The molecule has 2 aromatic carbocycles. The average Bonchev–Trinajstić information content (AvgIpc) is 2.90. The first-order valence-electron chi connectivity index (χ1n) is 6.68. The fourth-order valence-corrected chi connectivity index (χ4v) is 2.95. The van der Waals surface area contributed by atoms with Crippen LogP contribution in [0.4, 0.5) is 5.13 Å². The lowest BCUT2D eigenvalue weighted by atomic mass is 10.1. The Balaban J connectivity index is 1.68. The van der Waals surface area contributed by atoms with Crippen LogP contribution in [0.3, 0.4) is 0 Å². The van der Waals surface area contributed by atoms with Gasteiger partial charge in [-0.1, -0.05) is 53.8 Å². The van der Waals surface area contributed by atoms with Gasteiger partial charge in [0.25, 0.3) is 0 Å². The van der Waals surface area contributed by atoms with E-state index in [1.54, 1.807) is 0 Å². The predicted molar refractivity (Wildman–Crippen MR) is 86.4 cm³/mol. The molecule has 0 unspecified atom stereocenters. The molecule has 0 spiro atoms. The van der Waals surface area contributed by atoms with E-state index in [9.17, 15) is 4.79 Å². The third-order valence-corrected chi connectivity index (χ3v) is 4.11. The summed E-state index contributed by atoms with van der Waals surface area (Å²) in [7, 11) is 0. The average molecular weight is 297 g/mol. The fourth-order valence-electron chi connectivity index (χ4n) is 2.08. The fraction of sp³-hybridized carbons (Fsp3) is 0.125. The van der Waals surface area contributed by atoms with Crippen LogP contribution in [0.5, 0.6) is 0 Å². The summed E-state index contributed by atoms with van der Waals surface area (Å²) in [5, 5.41) is 3.38. The molecule has 3 aromatic rings. The maximum Gasteiger partial charge on any atom is 0.243 e.